The maximum Gasteiger partial charge on any atom is 0.387 e. The Balaban J connectivity index is 1.42. The number of nitrogens with zero attached hydrogens (tertiary/aromatic N) is 6. The van der Waals surface area contributed by atoms with Crippen LogP contribution in [-0.2, 0) is 5.54 Å². The monoisotopic (exact) mass is 520 g/mol. The molecule has 3 aliphatic rings. The van der Waals surface area contributed by atoms with Gasteiger partial charge in [-0.05, 0) is 50.8 Å². The Morgan fingerprint density at radius 1 is 1.21 bits per heavy atom. The van der Waals surface area contributed by atoms with Gasteiger partial charge in [-0.15, -0.1) is 0 Å². The standard InChI is InChI=1S/C27H25F2N7O2/c1-13-16(12-31-25(32-13)27(30)8-4-9-27)17-7-10-36-23(33-17)21-15-11-18(22(21)34-36)35(2)24(37)14-5-3-6-19(20(14)15)38-26(28)29/h3,5-7,10,12,15,18,26H,4,8-9,11,30H2,1-2H3/t15-,18-/m1/s1/i2D3. The number of fused-ring (bicyclic) bond motifs is 9. The molecular weight excluding hydrogens is 492 g/mol. The van der Waals surface area contributed by atoms with Crippen LogP contribution in [0.4, 0.5) is 8.78 Å². The van der Waals surface area contributed by atoms with E-state index in [2.05, 4.69) is 15.1 Å². The molecule has 1 aromatic carbocycles. The predicted octanol–water partition coefficient (Wildman–Crippen LogP) is 4.10. The Morgan fingerprint density at radius 2 is 2.05 bits per heavy atom. The number of carbonyl (C=O) groups excluding carboxylic acids is 1. The molecule has 0 unspecified atom stereocenters. The Labute approximate surface area is 220 Å². The van der Waals surface area contributed by atoms with Crippen molar-refractivity contribution in [3.63, 3.8) is 0 Å². The van der Waals surface area contributed by atoms with Crippen LogP contribution in [0.3, 0.4) is 0 Å². The molecule has 1 fully saturated rings. The Bertz CT molecular complexity index is 1740. The number of ether oxygens (including phenoxy) is 1. The van der Waals surface area contributed by atoms with Crippen LogP contribution in [0.2, 0.25) is 0 Å². The summed E-state index contributed by atoms with van der Waals surface area (Å²) in [5.74, 6) is -1.04. The highest BCUT2D eigenvalue weighted by molar-refractivity contribution is 5.98. The summed E-state index contributed by atoms with van der Waals surface area (Å²) < 4.78 is 57.7. The third kappa shape index (κ3) is 3.20. The highest BCUT2D eigenvalue weighted by atomic mass is 19.3. The molecule has 1 amide bonds. The van der Waals surface area contributed by atoms with Gasteiger partial charge in [0.15, 0.2) is 5.65 Å². The number of carbonyl (C=O) groups is 1. The summed E-state index contributed by atoms with van der Waals surface area (Å²) >= 11 is 0. The topological polar surface area (TPSA) is 112 Å². The number of hydrogen-bond donors (Lipinski definition) is 1. The molecule has 3 aromatic heterocycles. The van der Waals surface area contributed by atoms with E-state index in [9.17, 15) is 13.6 Å². The number of aromatic nitrogens is 5. The van der Waals surface area contributed by atoms with Crippen LogP contribution < -0.4 is 10.5 Å². The Kier molecular flexibility index (Phi) is 4.22. The summed E-state index contributed by atoms with van der Waals surface area (Å²) in [7, 11) is 0. The highest BCUT2D eigenvalue weighted by Crippen LogP contribution is 2.53. The van der Waals surface area contributed by atoms with Crippen LogP contribution in [0.25, 0.3) is 16.9 Å². The van der Waals surface area contributed by atoms with Crippen molar-refractivity contribution >= 4 is 11.6 Å². The van der Waals surface area contributed by atoms with Gasteiger partial charge in [0, 0.05) is 51.7 Å². The Hall–Kier alpha value is -3.99. The van der Waals surface area contributed by atoms with E-state index >= 15 is 0 Å². The third-order valence-electron chi connectivity index (χ3n) is 8.01. The van der Waals surface area contributed by atoms with Gasteiger partial charge in [0.2, 0.25) is 0 Å². The van der Waals surface area contributed by atoms with E-state index in [1.807, 2.05) is 6.92 Å². The van der Waals surface area contributed by atoms with Crippen molar-refractivity contribution in [1.29, 1.82) is 0 Å². The molecule has 2 N–H and O–H groups in total. The summed E-state index contributed by atoms with van der Waals surface area (Å²) in [6, 6.07) is 5.03. The number of amides is 1. The number of halogens is 2. The van der Waals surface area contributed by atoms with Gasteiger partial charge in [-0.3, -0.25) is 4.79 Å². The second-order valence-corrected chi connectivity index (χ2v) is 10.2. The fourth-order valence-electron chi connectivity index (χ4n) is 5.94. The van der Waals surface area contributed by atoms with Crippen LogP contribution >= 0.6 is 0 Å². The van der Waals surface area contributed by atoms with Crippen molar-refractivity contribution in [3.05, 3.63) is 70.6 Å². The molecule has 9 nitrogen and oxygen atoms in total. The molecule has 0 spiro atoms. The third-order valence-corrected chi connectivity index (χ3v) is 8.01. The first-order chi connectivity index (χ1) is 19.5. The fraction of sp³-hybridized carbons (Fsp3) is 0.370. The highest BCUT2D eigenvalue weighted by Gasteiger charge is 2.46. The molecule has 1 aliphatic heterocycles. The summed E-state index contributed by atoms with van der Waals surface area (Å²) in [6.45, 7) is -4.08. The van der Waals surface area contributed by atoms with Crippen LogP contribution in [-0.4, -0.2) is 49.0 Å². The fourth-order valence-corrected chi connectivity index (χ4v) is 5.94. The average molecular weight is 521 g/mol. The molecule has 2 bridgehead atoms. The first-order valence-corrected chi connectivity index (χ1v) is 12.4. The minimum Gasteiger partial charge on any atom is -0.434 e. The smallest absolute Gasteiger partial charge is 0.387 e. The summed E-state index contributed by atoms with van der Waals surface area (Å²) in [5, 5.41) is 4.64. The van der Waals surface area contributed by atoms with Gasteiger partial charge in [0.1, 0.15) is 11.6 Å². The van der Waals surface area contributed by atoms with E-state index < -0.39 is 37.0 Å². The normalized spacial score (nSPS) is 22.8. The van der Waals surface area contributed by atoms with Crippen LogP contribution in [0, 0.1) is 6.92 Å². The van der Waals surface area contributed by atoms with Crippen molar-refractivity contribution in [2.45, 2.75) is 56.7 Å². The van der Waals surface area contributed by atoms with Gasteiger partial charge in [0.05, 0.1) is 28.7 Å². The quantitative estimate of drug-likeness (QED) is 0.431. The first-order valence-electron chi connectivity index (χ1n) is 13.9. The second-order valence-electron chi connectivity index (χ2n) is 10.2. The largest absolute Gasteiger partial charge is 0.434 e. The summed E-state index contributed by atoms with van der Waals surface area (Å²) in [6.07, 6.45) is 6.21. The molecule has 7 rings (SSSR count). The maximum absolute atomic E-state index is 13.6. The van der Waals surface area contributed by atoms with Crippen LogP contribution in [0.15, 0.2) is 36.7 Å². The van der Waals surface area contributed by atoms with Gasteiger partial charge in [-0.25, -0.2) is 19.5 Å². The van der Waals surface area contributed by atoms with Crippen molar-refractivity contribution in [2.24, 2.45) is 5.73 Å². The van der Waals surface area contributed by atoms with Crippen molar-refractivity contribution in [1.82, 2.24) is 29.5 Å². The van der Waals surface area contributed by atoms with Crippen molar-refractivity contribution in [3.8, 4) is 17.0 Å². The number of benzene rings is 1. The predicted molar refractivity (Wildman–Crippen MR) is 133 cm³/mol. The van der Waals surface area contributed by atoms with Gasteiger partial charge >= 0.3 is 6.61 Å². The second kappa shape index (κ2) is 8.00. The molecule has 0 saturated heterocycles. The molecule has 4 heterocycles. The summed E-state index contributed by atoms with van der Waals surface area (Å²) in [4.78, 5) is 28.5. The van der Waals surface area contributed by atoms with E-state index in [0.717, 1.165) is 24.2 Å². The van der Waals surface area contributed by atoms with Crippen molar-refractivity contribution < 1.29 is 22.4 Å². The number of nitrogens with two attached hydrogens (primary N) is 1. The van der Waals surface area contributed by atoms with E-state index in [1.54, 1.807) is 18.5 Å². The Morgan fingerprint density at radius 3 is 2.76 bits per heavy atom. The zero-order valence-electron chi connectivity index (χ0n) is 23.4. The van der Waals surface area contributed by atoms with E-state index in [-0.39, 0.29) is 23.3 Å². The number of alkyl halides is 2. The molecule has 194 valence electrons. The number of aryl methyl sites for hydroxylation is 1. The minimum atomic E-state index is -3.14. The average Bonchev–Trinajstić information content (AvgIpc) is 3.39. The van der Waals surface area contributed by atoms with E-state index in [1.165, 1.54) is 22.7 Å². The lowest BCUT2D eigenvalue weighted by molar-refractivity contribution is -0.0505. The van der Waals surface area contributed by atoms with E-state index in [4.69, 9.17) is 19.6 Å². The zero-order valence-corrected chi connectivity index (χ0v) is 20.4. The van der Waals surface area contributed by atoms with Gasteiger partial charge in [-0.1, -0.05) is 6.07 Å². The van der Waals surface area contributed by atoms with Gasteiger partial charge in [0.25, 0.3) is 5.91 Å². The lowest BCUT2D eigenvalue weighted by atomic mass is 9.77. The first kappa shape index (κ1) is 20.0. The molecular formula is C27H25F2N7O2. The number of hydrogen-bond acceptors (Lipinski definition) is 7. The molecule has 2 aliphatic carbocycles. The SMILES string of the molecule is [2H]C([2H])([2H])N1C(=O)c2cccc(OC(F)F)c2[C@H]2C[C@@H]1c1nn3ccc(-c4cnc(C5(N)CCC5)nc4C)nc3c12. The molecule has 11 heteroatoms. The lowest BCUT2D eigenvalue weighted by Gasteiger charge is -2.36. The molecule has 2 atom stereocenters. The van der Waals surface area contributed by atoms with Crippen LogP contribution in [0.5, 0.6) is 5.75 Å². The summed E-state index contributed by atoms with van der Waals surface area (Å²) in [5.41, 5.74) is 9.40. The zero-order chi connectivity index (χ0) is 28.8. The van der Waals surface area contributed by atoms with Gasteiger partial charge in [-0.2, -0.15) is 13.9 Å². The van der Waals surface area contributed by atoms with E-state index in [0.29, 0.717) is 39.7 Å². The minimum absolute atomic E-state index is 0.000490. The number of rotatable bonds is 4. The molecule has 0 radical (unpaired) electrons. The molecule has 4 aromatic rings. The van der Waals surface area contributed by atoms with Crippen molar-refractivity contribution in [2.75, 3.05) is 6.98 Å². The van der Waals surface area contributed by atoms with Gasteiger partial charge < -0.3 is 15.4 Å². The lowest BCUT2D eigenvalue weighted by Crippen LogP contribution is -2.45. The molecule has 1 saturated carbocycles. The maximum atomic E-state index is 13.6. The molecule has 38 heavy (non-hydrogen) atoms. The van der Waals surface area contributed by atoms with Crippen LogP contribution in [0.1, 0.15) is 80.5 Å².